The highest BCUT2D eigenvalue weighted by atomic mass is 79.9. The van der Waals surface area contributed by atoms with Crippen LogP contribution in [0, 0.1) is 6.92 Å². The Kier molecular flexibility index (Phi) is 7.25. The molecule has 1 saturated heterocycles. The normalized spacial score (nSPS) is 15.1. The number of hydrogen-bond donors (Lipinski definition) is 1. The third kappa shape index (κ3) is 5.18. The molecule has 8 nitrogen and oxygen atoms in total. The number of anilines is 1. The van der Waals surface area contributed by atoms with Gasteiger partial charge in [0.2, 0.25) is 0 Å². The minimum absolute atomic E-state index is 0.0188. The van der Waals surface area contributed by atoms with Crippen LogP contribution < -0.4 is 19.1 Å². The Bertz CT molecular complexity index is 1500. The van der Waals surface area contributed by atoms with Crippen LogP contribution in [0.5, 0.6) is 11.5 Å². The molecule has 0 spiro atoms. The lowest BCUT2D eigenvalue weighted by Crippen LogP contribution is -2.54. The first-order chi connectivity index (χ1) is 17.1. The summed E-state index contributed by atoms with van der Waals surface area (Å²) < 4.78 is 36.6. The van der Waals surface area contributed by atoms with E-state index in [4.69, 9.17) is 21.1 Å². The molecule has 0 bridgehead atoms. The lowest BCUT2D eigenvalue weighted by Gasteiger charge is -2.28. The van der Waals surface area contributed by atoms with E-state index in [9.17, 15) is 18.0 Å². The highest BCUT2D eigenvalue weighted by Crippen LogP contribution is 2.39. The molecular formula is C25H19BrN2O6S2. The first kappa shape index (κ1) is 25.5. The molecular weight excluding hydrogens is 568 g/mol. The van der Waals surface area contributed by atoms with Crippen LogP contribution in [0.2, 0.25) is 0 Å². The number of hydrogen-bond acceptors (Lipinski definition) is 7. The lowest BCUT2D eigenvalue weighted by molar-refractivity contribution is -0.122. The number of nitrogens with zero attached hydrogens (tertiary/aromatic N) is 1. The van der Waals surface area contributed by atoms with Crippen LogP contribution in [0.25, 0.3) is 6.08 Å². The molecule has 0 aromatic heterocycles. The van der Waals surface area contributed by atoms with Gasteiger partial charge in [0, 0.05) is 0 Å². The highest BCUT2D eigenvalue weighted by molar-refractivity contribution is 9.10. The van der Waals surface area contributed by atoms with Gasteiger partial charge >= 0.3 is 10.1 Å². The van der Waals surface area contributed by atoms with E-state index >= 15 is 0 Å². The second-order valence-corrected chi connectivity index (χ2v) is 10.5. The number of para-hydroxylation sites is 1. The van der Waals surface area contributed by atoms with Crippen molar-refractivity contribution in [2.45, 2.75) is 11.8 Å². The number of amides is 2. The molecule has 1 fully saturated rings. The van der Waals surface area contributed by atoms with Gasteiger partial charge < -0.3 is 8.92 Å². The predicted octanol–water partition coefficient (Wildman–Crippen LogP) is 4.37. The molecule has 0 radical (unpaired) electrons. The summed E-state index contributed by atoms with van der Waals surface area (Å²) in [6.45, 7) is 1.84. The number of carbonyl (C=O) groups is 2. The Hall–Kier alpha value is -3.54. The van der Waals surface area contributed by atoms with Crippen LogP contribution in [0.3, 0.4) is 0 Å². The molecule has 11 heteroatoms. The molecule has 0 atom stereocenters. The van der Waals surface area contributed by atoms with Gasteiger partial charge in [0.1, 0.15) is 10.5 Å². The Morgan fingerprint density at radius 3 is 2.33 bits per heavy atom. The minimum Gasteiger partial charge on any atom is -0.493 e. The largest absolute Gasteiger partial charge is 0.493 e. The van der Waals surface area contributed by atoms with Crippen molar-refractivity contribution < 1.29 is 26.9 Å². The molecule has 0 aliphatic carbocycles. The molecule has 1 aliphatic heterocycles. The van der Waals surface area contributed by atoms with E-state index in [0.29, 0.717) is 11.3 Å². The maximum Gasteiger partial charge on any atom is 0.339 e. The summed E-state index contributed by atoms with van der Waals surface area (Å²) in [5.41, 5.74) is 1.63. The Morgan fingerprint density at radius 1 is 1.03 bits per heavy atom. The first-order valence-corrected chi connectivity index (χ1v) is 13.1. The Labute approximate surface area is 221 Å². The summed E-state index contributed by atoms with van der Waals surface area (Å²) >= 11 is 8.51. The molecule has 4 rings (SSSR count). The fourth-order valence-corrected chi connectivity index (χ4v) is 5.29. The predicted molar refractivity (Wildman–Crippen MR) is 142 cm³/mol. The van der Waals surface area contributed by atoms with Gasteiger partial charge in [-0.1, -0.05) is 35.9 Å². The number of methoxy groups -OCH3 is 1. The topological polar surface area (TPSA) is 102 Å². The number of ether oxygens (including phenoxy) is 1. The summed E-state index contributed by atoms with van der Waals surface area (Å²) in [4.78, 5) is 27.0. The standard InChI is InChI=1S/C25H19BrN2O6S2/c1-15-8-10-18(11-9-15)36(31,32)34-22-20(26)13-16(14-21(22)33-2)12-19-23(29)27-25(35)28(24(19)30)17-6-4-3-5-7-17/h3-14H,1-2H3,(H,27,29,35)/b19-12-. The van der Waals surface area contributed by atoms with Crippen molar-refractivity contribution in [1.82, 2.24) is 5.32 Å². The van der Waals surface area contributed by atoms with Gasteiger partial charge in [-0.3, -0.25) is 19.8 Å². The molecule has 2 amide bonds. The second kappa shape index (κ2) is 10.2. The number of carbonyl (C=O) groups excluding carboxylic acids is 2. The van der Waals surface area contributed by atoms with Crippen LogP contribution in [0.4, 0.5) is 5.69 Å². The summed E-state index contributed by atoms with van der Waals surface area (Å²) in [7, 11) is -2.81. The van der Waals surface area contributed by atoms with Gasteiger partial charge in [-0.2, -0.15) is 8.42 Å². The van der Waals surface area contributed by atoms with E-state index in [-0.39, 0.29) is 31.6 Å². The fraction of sp³-hybridized carbons (Fsp3) is 0.0800. The average Bonchev–Trinajstić information content (AvgIpc) is 2.84. The van der Waals surface area contributed by atoms with Crippen molar-refractivity contribution in [3.63, 3.8) is 0 Å². The molecule has 1 heterocycles. The van der Waals surface area contributed by atoms with Gasteiger partial charge in [0.25, 0.3) is 11.8 Å². The van der Waals surface area contributed by atoms with E-state index in [1.165, 1.54) is 42.4 Å². The Balaban J connectivity index is 1.70. The molecule has 36 heavy (non-hydrogen) atoms. The minimum atomic E-state index is -4.15. The number of halogens is 1. The number of rotatable bonds is 6. The smallest absolute Gasteiger partial charge is 0.339 e. The number of aryl methyl sites for hydroxylation is 1. The number of thiocarbonyl (C=S) groups is 1. The molecule has 0 saturated carbocycles. The molecule has 184 valence electrons. The van der Waals surface area contributed by atoms with E-state index in [1.807, 2.05) is 6.92 Å². The van der Waals surface area contributed by atoms with E-state index in [0.717, 1.165) is 5.56 Å². The Morgan fingerprint density at radius 2 is 1.69 bits per heavy atom. The molecule has 1 aliphatic rings. The summed E-state index contributed by atoms with van der Waals surface area (Å²) in [6.07, 6.45) is 1.36. The maximum atomic E-state index is 13.2. The summed E-state index contributed by atoms with van der Waals surface area (Å²) in [5, 5.41) is 2.49. The molecule has 3 aromatic carbocycles. The van der Waals surface area contributed by atoms with Crippen molar-refractivity contribution in [3.05, 3.63) is 87.9 Å². The fourth-order valence-electron chi connectivity index (χ4n) is 3.40. The van der Waals surface area contributed by atoms with Crippen LogP contribution in [0.1, 0.15) is 11.1 Å². The van der Waals surface area contributed by atoms with E-state index in [2.05, 4.69) is 21.2 Å². The van der Waals surface area contributed by atoms with Gasteiger partial charge in [-0.05, 0) is 83.1 Å². The first-order valence-electron chi connectivity index (χ1n) is 10.5. The van der Waals surface area contributed by atoms with Crippen LogP contribution in [-0.4, -0.2) is 32.5 Å². The zero-order chi connectivity index (χ0) is 26.0. The van der Waals surface area contributed by atoms with Crippen molar-refractivity contribution >= 4 is 67.0 Å². The molecule has 1 N–H and O–H groups in total. The summed E-state index contributed by atoms with van der Waals surface area (Å²) in [6, 6.07) is 17.9. The average molecular weight is 587 g/mol. The quantitative estimate of drug-likeness (QED) is 0.198. The summed E-state index contributed by atoms with van der Waals surface area (Å²) in [5.74, 6) is -1.26. The van der Waals surface area contributed by atoms with E-state index in [1.54, 1.807) is 42.5 Å². The monoisotopic (exact) mass is 586 g/mol. The van der Waals surface area contributed by atoms with E-state index < -0.39 is 21.9 Å². The van der Waals surface area contributed by atoms with Crippen molar-refractivity contribution in [3.8, 4) is 11.5 Å². The van der Waals surface area contributed by atoms with Crippen molar-refractivity contribution in [2.75, 3.05) is 12.0 Å². The zero-order valence-corrected chi connectivity index (χ0v) is 22.2. The molecule has 0 unspecified atom stereocenters. The SMILES string of the molecule is COc1cc(/C=C2/C(=O)NC(=S)N(c3ccccc3)C2=O)cc(Br)c1OS(=O)(=O)c1ccc(C)cc1. The number of nitrogens with one attached hydrogen (secondary N) is 1. The van der Waals surface area contributed by atoms with Crippen LogP contribution in [-0.2, 0) is 19.7 Å². The second-order valence-electron chi connectivity index (χ2n) is 7.68. The van der Waals surface area contributed by atoms with Crippen LogP contribution in [0.15, 0.2) is 81.7 Å². The third-order valence-corrected chi connectivity index (χ3v) is 7.29. The lowest BCUT2D eigenvalue weighted by atomic mass is 10.1. The third-order valence-electron chi connectivity index (χ3n) is 5.18. The zero-order valence-electron chi connectivity index (χ0n) is 19.0. The molecule has 3 aromatic rings. The van der Waals surface area contributed by atoms with Gasteiger partial charge in [0.15, 0.2) is 16.6 Å². The van der Waals surface area contributed by atoms with Crippen molar-refractivity contribution in [1.29, 1.82) is 0 Å². The van der Waals surface area contributed by atoms with Crippen LogP contribution >= 0.6 is 28.1 Å². The highest BCUT2D eigenvalue weighted by Gasteiger charge is 2.34. The van der Waals surface area contributed by atoms with Gasteiger partial charge in [-0.15, -0.1) is 0 Å². The number of benzene rings is 3. The van der Waals surface area contributed by atoms with Crippen molar-refractivity contribution in [2.24, 2.45) is 0 Å². The maximum absolute atomic E-state index is 13.2. The van der Waals surface area contributed by atoms with Gasteiger partial charge in [0.05, 0.1) is 17.3 Å². The van der Waals surface area contributed by atoms with Gasteiger partial charge in [-0.25, -0.2) is 0 Å².